The molecule has 4 heterocycles. The van der Waals surface area contributed by atoms with Gasteiger partial charge in [0.25, 0.3) is 5.91 Å². The molecule has 2 saturated heterocycles. The Labute approximate surface area is 226 Å². The van der Waals surface area contributed by atoms with Crippen LogP contribution in [0.5, 0.6) is 0 Å². The van der Waals surface area contributed by atoms with E-state index in [9.17, 15) is 9.59 Å². The van der Waals surface area contributed by atoms with Crippen molar-refractivity contribution in [3.8, 4) is 11.4 Å². The molecule has 37 heavy (non-hydrogen) atoms. The number of halogens is 1. The number of ether oxygens (including phenoxy) is 1. The predicted octanol–water partition coefficient (Wildman–Crippen LogP) is 4.07. The van der Waals surface area contributed by atoms with Crippen molar-refractivity contribution >= 4 is 52.2 Å². The quantitative estimate of drug-likeness (QED) is 0.467. The highest BCUT2D eigenvalue weighted by Crippen LogP contribution is 2.28. The highest BCUT2D eigenvalue weighted by atomic mass is 35.5. The van der Waals surface area contributed by atoms with Crippen LogP contribution in [0.3, 0.4) is 0 Å². The van der Waals surface area contributed by atoms with E-state index >= 15 is 0 Å². The zero-order chi connectivity index (χ0) is 25.2. The Bertz CT molecular complexity index is 1240. The van der Waals surface area contributed by atoms with Crippen molar-refractivity contribution in [3.05, 3.63) is 53.4 Å². The van der Waals surface area contributed by atoms with Crippen LogP contribution in [0.4, 0.5) is 16.6 Å². The van der Waals surface area contributed by atoms with Crippen LogP contribution >= 0.6 is 23.7 Å². The van der Waals surface area contributed by atoms with Gasteiger partial charge in [-0.15, -0.1) is 23.7 Å². The first-order valence-electron chi connectivity index (χ1n) is 12.2. The van der Waals surface area contributed by atoms with Crippen LogP contribution in [-0.4, -0.2) is 64.6 Å². The Morgan fingerprint density at radius 1 is 1.05 bits per heavy atom. The molecule has 196 valence electrons. The van der Waals surface area contributed by atoms with Gasteiger partial charge in [0.05, 0.1) is 17.9 Å². The summed E-state index contributed by atoms with van der Waals surface area (Å²) in [4.78, 5) is 39.4. The van der Waals surface area contributed by atoms with Gasteiger partial charge in [0.15, 0.2) is 5.13 Å². The maximum absolute atomic E-state index is 13.1. The van der Waals surface area contributed by atoms with E-state index in [0.29, 0.717) is 35.0 Å². The minimum atomic E-state index is -0.533. The Kier molecular flexibility index (Phi) is 8.31. The number of hydrogen-bond acceptors (Lipinski definition) is 8. The summed E-state index contributed by atoms with van der Waals surface area (Å²) in [5.41, 5.74) is 8.30. The van der Waals surface area contributed by atoms with Crippen molar-refractivity contribution in [1.82, 2.24) is 14.9 Å². The summed E-state index contributed by atoms with van der Waals surface area (Å²) in [5, 5.41) is 5.28. The van der Waals surface area contributed by atoms with E-state index in [4.69, 9.17) is 15.5 Å². The molecule has 3 aromatic rings. The van der Waals surface area contributed by atoms with Crippen LogP contribution < -0.4 is 16.0 Å². The number of carbonyl (C=O) groups excluding carboxylic acids is 2. The summed E-state index contributed by atoms with van der Waals surface area (Å²) in [7, 11) is 0. The maximum atomic E-state index is 13.1. The number of amides is 2. The van der Waals surface area contributed by atoms with Crippen molar-refractivity contribution in [3.63, 3.8) is 0 Å². The number of likely N-dealkylation sites (tertiary alicyclic amines) is 1. The molecule has 0 aliphatic carbocycles. The van der Waals surface area contributed by atoms with Crippen LogP contribution in [0.1, 0.15) is 37.0 Å². The van der Waals surface area contributed by atoms with Gasteiger partial charge in [-0.2, -0.15) is 0 Å². The highest BCUT2D eigenvalue weighted by Gasteiger charge is 2.35. The van der Waals surface area contributed by atoms with Gasteiger partial charge in [-0.1, -0.05) is 6.07 Å². The van der Waals surface area contributed by atoms with Crippen LogP contribution in [0.15, 0.2) is 47.8 Å². The number of benzene rings is 1. The van der Waals surface area contributed by atoms with Gasteiger partial charge in [-0.3, -0.25) is 9.59 Å². The summed E-state index contributed by atoms with van der Waals surface area (Å²) in [6.45, 7) is 6.24. The number of nitrogens with zero attached hydrogens (tertiary/aromatic N) is 4. The summed E-state index contributed by atoms with van der Waals surface area (Å²) in [5.74, 6) is 0.492. The van der Waals surface area contributed by atoms with E-state index in [1.54, 1.807) is 29.2 Å². The van der Waals surface area contributed by atoms with E-state index in [0.717, 1.165) is 31.0 Å². The smallest absolute Gasteiger partial charge is 0.254 e. The van der Waals surface area contributed by atoms with Crippen molar-refractivity contribution in [1.29, 1.82) is 0 Å². The fourth-order valence-corrected chi connectivity index (χ4v) is 5.53. The predicted molar refractivity (Wildman–Crippen MR) is 148 cm³/mol. The zero-order valence-corrected chi connectivity index (χ0v) is 22.4. The number of nitrogen functional groups attached to an aromatic ring is 1. The van der Waals surface area contributed by atoms with Crippen LogP contribution in [0.2, 0.25) is 0 Å². The lowest BCUT2D eigenvalue weighted by molar-refractivity contribution is -0.119. The van der Waals surface area contributed by atoms with Crippen molar-refractivity contribution in [2.24, 2.45) is 0 Å². The molecule has 0 radical (unpaired) electrons. The van der Waals surface area contributed by atoms with Gasteiger partial charge in [0.1, 0.15) is 17.6 Å². The molecule has 2 aromatic heterocycles. The highest BCUT2D eigenvalue weighted by molar-refractivity contribution is 7.14. The van der Waals surface area contributed by atoms with E-state index in [1.165, 1.54) is 11.3 Å². The van der Waals surface area contributed by atoms with E-state index in [2.05, 4.69) is 29.0 Å². The molecular formula is C26H31ClN6O3S. The van der Waals surface area contributed by atoms with Gasteiger partial charge >= 0.3 is 0 Å². The molecule has 0 spiro atoms. The number of pyridine rings is 1. The third-order valence-electron chi connectivity index (χ3n) is 6.45. The van der Waals surface area contributed by atoms with Crippen LogP contribution in [-0.2, 0) is 9.53 Å². The maximum Gasteiger partial charge on any atom is 0.254 e. The lowest BCUT2D eigenvalue weighted by Crippen LogP contribution is -2.45. The number of aromatic nitrogens is 2. The number of nitrogens with two attached hydrogens (primary N) is 1. The topological polar surface area (TPSA) is 114 Å². The molecule has 3 atom stereocenters. The molecule has 5 rings (SSSR count). The average Bonchev–Trinajstić information content (AvgIpc) is 3.54. The Morgan fingerprint density at radius 3 is 2.51 bits per heavy atom. The fraction of sp³-hybridized carbons (Fsp3) is 0.385. The number of anilines is 3. The average molecular weight is 543 g/mol. The molecule has 1 aromatic carbocycles. The number of morpholine rings is 1. The molecule has 0 bridgehead atoms. The molecular weight excluding hydrogens is 512 g/mol. The summed E-state index contributed by atoms with van der Waals surface area (Å²) < 4.78 is 5.84. The number of hydrogen-bond donors (Lipinski definition) is 2. The summed E-state index contributed by atoms with van der Waals surface area (Å²) in [6.07, 6.45) is 1.67. The standard InChI is InChI=1S/C26H30N6O3S.ClH/c1-16-13-31(14-17(2)35-16)23-7-3-5-20(28-23)21-15-36-26(29-21)30-24(33)22-6-4-12-32(22)25(34)18-8-10-19(27)11-9-18;/h3,5,7-11,15-17,22H,4,6,12-14,27H2,1-2H3,(H,29,30,33);1H/t16-,17+,22?;. The third kappa shape index (κ3) is 6.03. The molecule has 2 aliphatic heterocycles. The Balaban J connectivity index is 0.00000320. The first kappa shape index (κ1) is 26.8. The van der Waals surface area contributed by atoms with Crippen molar-refractivity contribution < 1.29 is 14.3 Å². The molecule has 9 nitrogen and oxygen atoms in total. The normalized spacial score (nSPS) is 21.4. The first-order valence-corrected chi connectivity index (χ1v) is 13.1. The summed E-state index contributed by atoms with van der Waals surface area (Å²) >= 11 is 1.35. The van der Waals surface area contributed by atoms with Crippen LogP contribution in [0.25, 0.3) is 11.4 Å². The van der Waals surface area contributed by atoms with Gasteiger partial charge in [-0.25, -0.2) is 9.97 Å². The second-order valence-electron chi connectivity index (χ2n) is 9.35. The molecule has 11 heteroatoms. The summed E-state index contributed by atoms with van der Waals surface area (Å²) in [6, 6.07) is 12.1. The molecule has 1 unspecified atom stereocenters. The van der Waals surface area contributed by atoms with E-state index in [-0.39, 0.29) is 36.4 Å². The van der Waals surface area contributed by atoms with E-state index in [1.807, 2.05) is 23.6 Å². The second kappa shape index (κ2) is 11.5. The van der Waals surface area contributed by atoms with E-state index < -0.39 is 6.04 Å². The number of thiazole rings is 1. The number of carbonyl (C=O) groups is 2. The lowest BCUT2D eigenvalue weighted by Gasteiger charge is -2.36. The Morgan fingerprint density at radius 2 is 1.78 bits per heavy atom. The van der Waals surface area contributed by atoms with Gasteiger partial charge in [-0.05, 0) is 63.1 Å². The molecule has 2 aliphatic rings. The molecule has 2 fully saturated rings. The molecule has 0 saturated carbocycles. The fourth-order valence-electron chi connectivity index (χ4n) is 4.82. The van der Waals surface area contributed by atoms with Crippen molar-refractivity contribution in [2.75, 3.05) is 35.6 Å². The third-order valence-corrected chi connectivity index (χ3v) is 7.21. The van der Waals surface area contributed by atoms with Crippen LogP contribution in [0, 0.1) is 0 Å². The number of nitrogens with one attached hydrogen (secondary N) is 1. The van der Waals surface area contributed by atoms with Gasteiger partial charge in [0, 0.05) is 36.3 Å². The van der Waals surface area contributed by atoms with Crippen molar-refractivity contribution in [2.45, 2.75) is 44.9 Å². The van der Waals surface area contributed by atoms with Gasteiger partial charge in [0.2, 0.25) is 5.91 Å². The van der Waals surface area contributed by atoms with Gasteiger partial charge < -0.3 is 25.6 Å². The largest absolute Gasteiger partial charge is 0.399 e. The minimum Gasteiger partial charge on any atom is -0.399 e. The Hall–Kier alpha value is -3.21. The lowest BCUT2D eigenvalue weighted by atomic mass is 10.1. The number of rotatable bonds is 5. The minimum absolute atomic E-state index is 0. The monoisotopic (exact) mass is 542 g/mol. The second-order valence-corrected chi connectivity index (χ2v) is 10.2. The molecule has 2 amide bonds. The molecule has 3 N–H and O–H groups in total. The SMILES string of the molecule is C[C@@H]1CN(c2cccc(-c3csc(NC(=O)C4CCCN4C(=O)c4ccc(N)cc4)n3)n2)C[C@H](C)O1.Cl. The first-order chi connectivity index (χ1) is 17.4. The zero-order valence-electron chi connectivity index (χ0n) is 20.8.